The molecule has 5 heteroatoms. The molecule has 2 aromatic carbocycles. The van der Waals surface area contributed by atoms with Crippen molar-refractivity contribution < 1.29 is 9.30 Å². The zero-order chi connectivity index (χ0) is 14.1. The van der Waals surface area contributed by atoms with Crippen molar-refractivity contribution in [2.24, 2.45) is 7.05 Å². The van der Waals surface area contributed by atoms with Crippen molar-refractivity contribution >= 4 is 34.2 Å². The highest BCUT2D eigenvalue weighted by molar-refractivity contribution is 6.35. The molecule has 0 spiro atoms. The first-order valence-electron chi connectivity index (χ1n) is 6.18. The molecule has 3 nitrogen and oxygen atoms in total. The fourth-order valence-electron chi connectivity index (χ4n) is 2.13. The lowest BCUT2D eigenvalue weighted by Gasteiger charge is -2.05. The maximum Gasteiger partial charge on any atom is 0.293 e. The number of H-pyrrole nitrogens is 1. The van der Waals surface area contributed by atoms with Crippen LogP contribution in [0.5, 0.6) is 5.75 Å². The average Bonchev–Trinajstić information content (AvgIpc) is 2.75. The summed E-state index contributed by atoms with van der Waals surface area (Å²) in [4.78, 5) is 3.33. The van der Waals surface area contributed by atoms with E-state index < -0.39 is 0 Å². The lowest BCUT2D eigenvalue weighted by Crippen LogP contribution is -2.32. The Morgan fingerprint density at radius 3 is 2.70 bits per heavy atom. The summed E-state index contributed by atoms with van der Waals surface area (Å²) in [6.45, 7) is 0.409. The maximum absolute atomic E-state index is 6.09. The molecule has 20 heavy (non-hydrogen) atoms. The lowest BCUT2D eigenvalue weighted by atomic mass is 10.3. The third-order valence-electron chi connectivity index (χ3n) is 3.21. The smallest absolute Gasteiger partial charge is 0.293 e. The second-order valence-corrected chi connectivity index (χ2v) is 5.35. The van der Waals surface area contributed by atoms with Crippen LogP contribution in [0.1, 0.15) is 5.82 Å². The van der Waals surface area contributed by atoms with E-state index in [0.717, 1.165) is 16.9 Å². The van der Waals surface area contributed by atoms with Gasteiger partial charge in [-0.05, 0) is 30.3 Å². The van der Waals surface area contributed by atoms with Crippen LogP contribution in [0.2, 0.25) is 10.0 Å². The summed E-state index contributed by atoms with van der Waals surface area (Å²) < 4.78 is 7.81. The Kier molecular flexibility index (Phi) is 3.55. The molecule has 0 amide bonds. The summed E-state index contributed by atoms with van der Waals surface area (Å²) in [5.74, 6) is 1.59. The molecule has 0 saturated carbocycles. The Hall–Kier alpha value is -1.71. The Bertz CT molecular complexity index is 768. The molecule has 0 unspecified atom stereocenters. The molecule has 0 radical (unpaired) electrons. The molecule has 0 aliphatic heterocycles. The number of aryl methyl sites for hydroxylation is 1. The van der Waals surface area contributed by atoms with Crippen molar-refractivity contribution in [2.45, 2.75) is 6.61 Å². The van der Waals surface area contributed by atoms with Gasteiger partial charge in [0, 0.05) is 5.02 Å². The second-order valence-electron chi connectivity index (χ2n) is 4.51. The van der Waals surface area contributed by atoms with Gasteiger partial charge in [0.15, 0.2) is 17.6 Å². The number of benzene rings is 2. The van der Waals surface area contributed by atoms with Crippen LogP contribution in [-0.4, -0.2) is 4.98 Å². The Balaban J connectivity index is 1.85. The Labute approximate surface area is 126 Å². The number of para-hydroxylation sites is 2. The largest absolute Gasteiger partial charge is 0.479 e. The van der Waals surface area contributed by atoms with Crippen molar-refractivity contribution in [3.8, 4) is 5.75 Å². The lowest BCUT2D eigenvalue weighted by molar-refractivity contribution is -0.654. The molecule has 0 aliphatic rings. The first-order valence-corrected chi connectivity index (χ1v) is 6.94. The summed E-state index contributed by atoms with van der Waals surface area (Å²) in [7, 11) is 2.00. The number of ether oxygens (including phenoxy) is 1. The van der Waals surface area contributed by atoms with Gasteiger partial charge in [-0.1, -0.05) is 35.3 Å². The van der Waals surface area contributed by atoms with E-state index in [1.54, 1.807) is 18.2 Å². The maximum atomic E-state index is 6.09. The molecule has 0 atom stereocenters. The van der Waals surface area contributed by atoms with Gasteiger partial charge >= 0.3 is 0 Å². The van der Waals surface area contributed by atoms with Gasteiger partial charge in [-0.2, -0.15) is 0 Å². The Morgan fingerprint density at radius 1 is 1.15 bits per heavy atom. The third-order valence-corrected chi connectivity index (χ3v) is 3.74. The first-order chi connectivity index (χ1) is 9.65. The quantitative estimate of drug-likeness (QED) is 0.731. The first kappa shape index (κ1) is 13.3. The van der Waals surface area contributed by atoms with E-state index in [1.807, 2.05) is 25.2 Å². The average molecular weight is 308 g/mol. The van der Waals surface area contributed by atoms with Gasteiger partial charge in [0.1, 0.15) is 5.75 Å². The monoisotopic (exact) mass is 307 g/mol. The number of imidazole rings is 1. The van der Waals surface area contributed by atoms with Gasteiger partial charge in [0.2, 0.25) is 0 Å². The molecular formula is C15H13Cl2N2O+. The van der Waals surface area contributed by atoms with E-state index in [0.29, 0.717) is 22.4 Å². The molecule has 1 N–H and O–H groups in total. The number of hydrogen-bond donors (Lipinski definition) is 1. The van der Waals surface area contributed by atoms with Crippen LogP contribution >= 0.6 is 23.2 Å². The second kappa shape index (κ2) is 5.35. The number of nitrogens with zero attached hydrogens (tertiary/aromatic N) is 1. The minimum absolute atomic E-state index is 0.409. The predicted molar refractivity (Wildman–Crippen MR) is 80.3 cm³/mol. The van der Waals surface area contributed by atoms with Gasteiger partial charge < -0.3 is 4.74 Å². The van der Waals surface area contributed by atoms with E-state index in [2.05, 4.69) is 15.6 Å². The van der Waals surface area contributed by atoms with Gasteiger partial charge in [-0.3, -0.25) is 0 Å². The zero-order valence-corrected chi connectivity index (χ0v) is 12.4. The molecule has 0 bridgehead atoms. The molecule has 3 aromatic rings. The van der Waals surface area contributed by atoms with Crippen molar-refractivity contribution in [1.82, 2.24) is 4.98 Å². The van der Waals surface area contributed by atoms with Crippen LogP contribution in [0.4, 0.5) is 0 Å². The molecule has 0 saturated heterocycles. The van der Waals surface area contributed by atoms with E-state index in [9.17, 15) is 0 Å². The van der Waals surface area contributed by atoms with Crippen molar-refractivity contribution in [2.75, 3.05) is 0 Å². The summed E-state index contributed by atoms with van der Waals surface area (Å²) in [5.41, 5.74) is 2.21. The van der Waals surface area contributed by atoms with Gasteiger partial charge in [-0.25, -0.2) is 9.55 Å². The number of halogens is 2. The van der Waals surface area contributed by atoms with E-state index in [-0.39, 0.29) is 0 Å². The van der Waals surface area contributed by atoms with Crippen molar-refractivity contribution in [3.05, 3.63) is 58.3 Å². The molecule has 0 aliphatic carbocycles. The molecule has 1 aromatic heterocycles. The van der Waals surface area contributed by atoms with Gasteiger partial charge in [0.25, 0.3) is 5.82 Å². The molecule has 102 valence electrons. The normalized spacial score (nSPS) is 10.9. The molecule has 0 fully saturated rings. The number of aromatic nitrogens is 2. The minimum Gasteiger partial charge on any atom is -0.479 e. The number of fused-ring (bicyclic) bond motifs is 1. The van der Waals surface area contributed by atoms with Crippen LogP contribution in [-0.2, 0) is 13.7 Å². The molecule has 3 rings (SSSR count). The zero-order valence-electron chi connectivity index (χ0n) is 10.9. The number of rotatable bonds is 3. The summed E-state index contributed by atoms with van der Waals surface area (Å²) >= 11 is 12.0. The third kappa shape index (κ3) is 2.47. The van der Waals surface area contributed by atoms with Crippen LogP contribution in [0.3, 0.4) is 0 Å². The highest BCUT2D eigenvalue weighted by Crippen LogP contribution is 2.27. The number of hydrogen-bond acceptors (Lipinski definition) is 1. The highest BCUT2D eigenvalue weighted by Gasteiger charge is 2.15. The molecular weight excluding hydrogens is 295 g/mol. The summed E-state index contributed by atoms with van der Waals surface area (Å²) in [6.07, 6.45) is 0. The highest BCUT2D eigenvalue weighted by atomic mass is 35.5. The molecule has 1 heterocycles. The van der Waals surface area contributed by atoms with E-state index >= 15 is 0 Å². The van der Waals surface area contributed by atoms with E-state index in [1.165, 1.54) is 0 Å². The van der Waals surface area contributed by atoms with Gasteiger partial charge in [0.05, 0.1) is 12.1 Å². The predicted octanol–water partition coefficient (Wildman–Crippen LogP) is 3.88. The van der Waals surface area contributed by atoms with Crippen molar-refractivity contribution in [3.63, 3.8) is 0 Å². The van der Waals surface area contributed by atoms with E-state index in [4.69, 9.17) is 27.9 Å². The standard InChI is InChI=1S/C15H12Cl2N2O/c1-19-13-5-3-2-4-12(13)18-15(19)9-20-14-7-6-10(16)8-11(14)17/h2-8H,9H2,1H3/p+1. The van der Waals surface area contributed by atoms with Crippen LogP contribution in [0, 0.1) is 0 Å². The number of nitrogens with one attached hydrogen (secondary N) is 1. The minimum atomic E-state index is 0.409. The fourth-order valence-corrected chi connectivity index (χ4v) is 2.59. The summed E-state index contributed by atoms with van der Waals surface area (Å²) in [6, 6.07) is 13.3. The fraction of sp³-hybridized carbons (Fsp3) is 0.133. The van der Waals surface area contributed by atoms with Crippen molar-refractivity contribution in [1.29, 1.82) is 0 Å². The van der Waals surface area contributed by atoms with Crippen LogP contribution in [0.15, 0.2) is 42.5 Å². The van der Waals surface area contributed by atoms with Crippen LogP contribution in [0.25, 0.3) is 11.0 Å². The number of aromatic amines is 1. The Morgan fingerprint density at radius 2 is 1.95 bits per heavy atom. The van der Waals surface area contributed by atoms with Crippen LogP contribution < -0.4 is 9.30 Å². The summed E-state index contributed by atoms with van der Waals surface area (Å²) in [5, 5.41) is 1.11. The topological polar surface area (TPSA) is 28.9 Å². The SMILES string of the molecule is C[n+]1c(COc2ccc(Cl)cc2Cl)[nH]c2ccccc21. The van der Waals surface area contributed by atoms with Gasteiger partial charge in [-0.15, -0.1) is 0 Å².